The number of aryl methyl sites for hydroxylation is 1. The van der Waals surface area contributed by atoms with Gasteiger partial charge in [0.2, 0.25) is 0 Å². The van der Waals surface area contributed by atoms with Crippen molar-refractivity contribution in [3.8, 4) is 0 Å². The summed E-state index contributed by atoms with van der Waals surface area (Å²) in [4.78, 5) is 8.60. The molecule has 0 aliphatic carbocycles. The van der Waals surface area contributed by atoms with E-state index in [1.807, 2.05) is 36.9 Å². The molecule has 2 aromatic rings. The Bertz CT molecular complexity index is 625. The van der Waals surface area contributed by atoms with Gasteiger partial charge in [0.15, 0.2) is 5.17 Å². The first kappa shape index (κ1) is 14.5. The Balaban J connectivity index is 1.41. The molecule has 0 unspecified atom stereocenters. The molecule has 110 valence electrons. The van der Waals surface area contributed by atoms with Gasteiger partial charge in [-0.2, -0.15) is 0 Å². The Hall–Kier alpha value is -1.46. The Morgan fingerprint density at radius 2 is 2.29 bits per heavy atom. The molecular formula is C15H17ClN4S. The highest BCUT2D eigenvalue weighted by atomic mass is 35.5. The number of nitrogens with zero attached hydrogens (tertiary/aromatic N) is 3. The molecule has 4 nitrogen and oxygen atoms in total. The number of fused-ring (bicyclic) bond motifs is 1. The molecule has 0 amide bonds. The molecule has 2 heterocycles. The number of imidazole rings is 1. The summed E-state index contributed by atoms with van der Waals surface area (Å²) in [5, 5.41) is 5.14. The minimum absolute atomic E-state index is 0.709. The van der Waals surface area contributed by atoms with Gasteiger partial charge in [-0.05, 0) is 36.6 Å². The zero-order chi connectivity index (χ0) is 14.5. The number of rotatable bonds is 5. The number of aliphatic imine (C=N–C) groups is 1. The highest BCUT2D eigenvalue weighted by Crippen LogP contribution is 2.26. The molecule has 0 saturated carbocycles. The number of benzene rings is 1. The lowest BCUT2D eigenvalue weighted by molar-refractivity contribution is 0.635. The first-order valence-electron chi connectivity index (χ1n) is 7.00. The van der Waals surface area contributed by atoms with Crippen molar-refractivity contribution < 1.29 is 0 Å². The molecular weight excluding hydrogens is 304 g/mol. The van der Waals surface area contributed by atoms with E-state index in [2.05, 4.69) is 19.9 Å². The summed E-state index contributed by atoms with van der Waals surface area (Å²) in [5.41, 5.74) is 2.28. The molecule has 0 radical (unpaired) electrons. The Morgan fingerprint density at radius 3 is 3.14 bits per heavy atom. The zero-order valence-corrected chi connectivity index (χ0v) is 13.2. The van der Waals surface area contributed by atoms with Gasteiger partial charge in [-0.25, -0.2) is 4.98 Å². The van der Waals surface area contributed by atoms with Gasteiger partial charge >= 0.3 is 0 Å². The van der Waals surface area contributed by atoms with E-state index >= 15 is 0 Å². The Morgan fingerprint density at radius 1 is 1.33 bits per heavy atom. The number of unbranched alkanes of at least 4 members (excludes halogenated alkanes) is 1. The van der Waals surface area contributed by atoms with Crippen LogP contribution in [0.15, 0.2) is 41.9 Å². The van der Waals surface area contributed by atoms with E-state index < -0.39 is 0 Å². The average Bonchev–Trinajstić information content (AvgIpc) is 3.00. The average molecular weight is 321 g/mol. The maximum atomic E-state index is 5.99. The maximum absolute atomic E-state index is 5.99. The number of hydrogen-bond acceptors (Lipinski definition) is 4. The number of nitrogens with one attached hydrogen (secondary N) is 1. The summed E-state index contributed by atoms with van der Waals surface area (Å²) in [5.74, 6) is 1.07. The highest BCUT2D eigenvalue weighted by Gasteiger charge is 2.11. The molecule has 21 heavy (non-hydrogen) atoms. The van der Waals surface area contributed by atoms with Crippen molar-refractivity contribution in [2.45, 2.75) is 25.9 Å². The van der Waals surface area contributed by atoms with Crippen LogP contribution in [0.3, 0.4) is 0 Å². The minimum atomic E-state index is 0.709. The lowest BCUT2D eigenvalue weighted by atomic mass is 10.1. The molecule has 0 fully saturated rings. The van der Waals surface area contributed by atoms with Crippen molar-refractivity contribution in [3.05, 3.63) is 47.5 Å². The fourth-order valence-electron chi connectivity index (χ4n) is 2.19. The summed E-state index contributed by atoms with van der Waals surface area (Å²) in [6, 6.07) is 5.90. The van der Waals surface area contributed by atoms with Crippen LogP contribution < -0.4 is 5.32 Å². The van der Waals surface area contributed by atoms with Crippen LogP contribution in [0.2, 0.25) is 5.02 Å². The van der Waals surface area contributed by atoms with E-state index in [1.54, 1.807) is 11.8 Å². The number of thioether (sulfide) groups is 1. The molecule has 1 aliphatic heterocycles. The summed E-state index contributed by atoms with van der Waals surface area (Å²) in [7, 11) is 0. The van der Waals surface area contributed by atoms with E-state index in [9.17, 15) is 0 Å². The normalized spacial score (nSPS) is 13.5. The van der Waals surface area contributed by atoms with E-state index in [4.69, 9.17) is 11.6 Å². The van der Waals surface area contributed by atoms with Gasteiger partial charge < -0.3 is 9.88 Å². The summed E-state index contributed by atoms with van der Waals surface area (Å²) < 4.78 is 2.11. The third-order valence-electron chi connectivity index (χ3n) is 3.31. The van der Waals surface area contributed by atoms with Crippen molar-refractivity contribution in [3.63, 3.8) is 0 Å². The second kappa shape index (κ2) is 7.00. The molecule has 1 aromatic carbocycles. The molecule has 1 aromatic heterocycles. The van der Waals surface area contributed by atoms with Crippen LogP contribution in [0.5, 0.6) is 0 Å². The number of aromatic nitrogens is 2. The number of anilines is 1. The quantitative estimate of drug-likeness (QED) is 0.846. The third kappa shape index (κ3) is 4.02. The predicted molar refractivity (Wildman–Crippen MR) is 90.1 cm³/mol. The molecule has 1 aliphatic rings. The van der Waals surface area contributed by atoms with Crippen molar-refractivity contribution in [1.29, 1.82) is 0 Å². The van der Waals surface area contributed by atoms with Gasteiger partial charge in [-0.15, -0.1) is 0 Å². The predicted octanol–water partition coefficient (Wildman–Crippen LogP) is 4.03. The molecule has 6 heteroatoms. The van der Waals surface area contributed by atoms with Crippen LogP contribution in [-0.2, 0) is 13.1 Å². The number of hydrogen-bond donors (Lipinski definition) is 1. The lowest BCUT2D eigenvalue weighted by Crippen LogP contribution is -2.15. The first-order chi connectivity index (χ1) is 10.3. The molecule has 0 bridgehead atoms. The van der Waals surface area contributed by atoms with Crippen LogP contribution >= 0.6 is 23.4 Å². The number of amidine groups is 1. The molecule has 0 saturated heterocycles. The first-order valence-corrected chi connectivity index (χ1v) is 8.36. The lowest BCUT2D eigenvalue weighted by Gasteiger charge is -2.18. The van der Waals surface area contributed by atoms with Crippen molar-refractivity contribution in [2.75, 3.05) is 11.1 Å². The van der Waals surface area contributed by atoms with Gasteiger partial charge in [0.25, 0.3) is 0 Å². The summed E-state index contributed by atoms with van der Waals surface area (Å²) in [6.07, 6.45) is 8.00. The Labute approximate surface area is 133 Å². The second-order valence-corrected chi connectivity index (χ2v) is 6.42. The van der Waals surface area contributed by atoms with Gasteiger partial charge in [0.05, 0.1) is 12.9 Å². The Kier molecular flexibility index (Phi) is 4.83. The largest absolute Gasteiger partial charge is 0.337 e. The van der Waals surface area contributed by atoms with Crippen LogP contribution in [0.25, 0.3) is 0 Å². The molecule has 1 N–H and O–H groups in total. The summed E-state index contributed by atoms with van der Waals surface area (Å²) >= 11 is 7.77. The topological polar surface area (TPSA) is 42.2 Å². The third-order valence-corrected chi connectivity index (χ3v) is 4.54. The van der Waals surface area contributed by atoms with Crippen molar-refractivity contribution in [2.24, 2.45) is 4.99 Å². The monoisotopic (exact) mass is 320 g/mol. The van der Waals surface area contributed by atoms with E-state index in [0.717, 1.165) is 46.6 Å². The highest BCUT2D eigenvalue weighted by molar-refractivity contribution is 8.14. The second-order valence-electron chi connectivity index (χ2n) is 4.90. The van der Waals surface area contributed by atoms with E-state index in [1.165, 1.54) is 0 Å². The van der Waals surface area contributed by atoms with Gasteiger partial charge in [-0.3, -0.25) is 4.99 Å². The number of halogens is 1. The van der Waals surface area contributed by atoms with Gasteiger partial charge in [0.1, 0.15) is 0 Å². The van der Waals surface area contributed by atoms with Crippen molar-refractivity contribution in [1.82, 2.24) is 9.55 Å². The summed E-state index contributed by atoms with van der Waals surface area (Å²) in [6.45, 7) is 1.74. The van der Waals surface area contributed by atoms with Crippen LogP contribution in [-0.4, -0.2) is 20.5 Å². The van der Waals surface area contributed by atoms with Gasteiger partial charge in [-0.1, -0.05) is 23.4 Å². The zero-order valence-electron chi connectivity index (χ0n) is 11.6. The standard InChI is InChI=1S/C15H17ClN4S/c16-13-3-4-14-12(9-13)10-18-15(19-14)21-8-2-1-6-20-7-5-17-11-20/h3-5,7,9,11H,1-2,6,8,10H2,(H,18,19). The fraction of sp³-hybridized carbons (Fsp3) is 0.333. The molecule has 0 spiro atoms. The van der Waals surface area contributed by atoms with E-state index in [0.29, 0.717) is 6.54 Å². The van der Waals surface area contributed by atoms with Gasteiger partial charge in [0, 0.05) is 35.4 Å². The molecule has 0 atom stereocenters. The molecule has 3 rings (SSSR count). The van der Waals surface area contributed by atoms with Crippen LogP contribution in [0.1, 0.15) is 18.4 Å². The van der Waals surface area contributed by atoms with Crippen LogP contribution in [0.4, 0.5) is 5.69 Å². The SMILES string of the molecule is Clc1ccc2c(c1)CN=C(SCCCCn1ccnc1)N2. The van der Waals surface area contributed by atoms with Crippen molar-refractivity contribution >= 4 is 34.2 Å². The fourth-order valence-corrected chi connectivity index (χ4v) is 3.27. The van der Waals surface area contributed by atoms with Crippen LogP contribution in [0, 0.1) is 0 Å². The van der Waals surface area contributed by atoms with E-state index in [-0.39, 0.29) is 0 Å². The maximum Gasteiger partial charge on any atom is 0.161 e. The smallest absolute Gasteiger partial charge is 0.161 e. The minimum Gasteiger partial charge on any atom is -0.337 e.